The summed E-state index contributed by atoms with van der Waals surface area (Å²) in [5, 5.41) is 9.24. The van der Waals surface area contributed by atoms with Crippen LogP contribution >= 0.6 is 0 Å². The van der Waals surface area contributed by atoms with E-state index in [0.29, 0.717) is 5.56 Å². The van der Waals surface area contributed by atoms with Crippen molar-refractivity contribution >= 4 is 30.1 Å². The standard InChI is InChI=1S/C23H22O7/c1-17(24)30-21(15-28-22(26)13-9-18-5-3-2-4-6-18)16-29-23(27)14-10-19-7-11-20(25)12-8-19/h2-14,21,25H,15-16H2,1H3/b13-9+,14-10+. The molecule has 1 unspecified atom stereocenters. The predicted molar refractivity (Wildman–Crippen MR) is 110 cm³/mol. The van der Waals surface area contributed by atoms with Crippen molar-refractivity contribution < 1.29 is 33.7 Å². The Kier molecular flexibility index (Phi) is 8.86. The number of ether oxygens (including phenoxy) is 3. The van der Waals surface area contributed by atoms with Crippen LogP contribution in [0.4, 0.5) is 0 Å². The molecule has 0 bridgehead atoms. The highest BCUT2D eigenvalue weighted by Gasteiger charge is 2.16. The van der Waals surface area contributed by atoms with Gasteiger partial charge in [-0.05, 0) is 35.4 Å². The van der Waals surface area contributed by atoms with Gasteiger partial charge in [0, 0.05) is 19.1 Å². The number of esters is 3. The van der Waals surface area contributed by atoms with Crippen LogP contribution in [0.2, 0.25) is 0 Å². The summed E-state index contributed by atoms with van der Waals surface area (Å²) in [6.07, 6.45) is 4.63. The lowest BCUT2D eigenvalue weighted by molar-refractivity contribution is -0.162. The Morgan fingerprint density at radius 1 is 0.833 bits per heavy atom. The average molecular weight is 410 g/mol. The van der Waals surface area contributed by atoms with Crippen molar-refractivity contribution in [2.75, 3.05) is 13.2 Å². The Hall–Kier alpha value is -3.87. The highest BCUT2D eigenvalue weighted by atomic mass is 16.6. The lowest BCUT2D eigenvalue weighted by Crippen LogP contribution is -2.29. The molecular weight excluding hydrogens is 388 g/mol. The summed E-state index contributed by atoms with van der Waals surface area (Å²) in [4.78, 5) is 34.9. The second-order valence-corrected chi connectivity index (χ2v) is 6.16. The molecule has 0 aliphatic heterocycles. The van der Waals surface area contributed by atoms with Gasteiger partial charge in [-0.3, -0.25) is 4.79 Å². The predicted octanol–water partition coefficient (Wildman–Crippen LogP) is 3.14. The molecule has 7 nitrogen and oxygen atoms in total. The number of hydrogen-bond donors (Lipinski definition) is 1. The Morgan fingerprint density at radius 2 is 1.33 bits per heavy atom. The van der Waals surface area contributed by atoms with Gasteiger partial charge >= 0.3 is 17.9 Å². The molecule has 0 aliphatic rings. The van der Waals surface area contributed by atoms with Crippen LogP contribution in [0.5, 0.6) is 5.75 Å². The minimum Gasteiger partial charge on any atom is -0.508 e. The topological polar surface area (TPSA) is 99.1 Å². The van der Waals surface area contributed by atoms with Gasteiger partial charge in [-0.15, -0.1) is 0 Å². The largest absolute Gasteiger partial charge is 0.508 e. The molecule has 2 aromatic carbocycles. The van der Waals surface area contributed by atoms with Gasteiger partial charge in [-0.2, -0.15) is 0 Å². The summed E-state index contributed by atoms with van der Waals surface area (Å²) in [6, 6.07) is 15.4. The molecule has 2 aromatic rings. The second-order valence-electron chi connectivity index (χ2n) is 6.16. The molecule has 156 valence electrons. The number of rotatable bonds is 9. The van der Waals surface area contributed by atoms with Gasteiger partial charge in [-0.1, -0.05) is 42.5 Å². The van der Waals surface area contributed by atoms with Crippen molar-refractivity contribution in [2.24, 2.45) is 0 Å². The maximum Gasteiger partial charge on any atom is 0.330 e. The van der Waals surface area contributed by atoms with Crippen LogP contribution in [0.3, 0.4) is 0 Å². The van der Waals surface area contributed by atoms with Crippen LogP contribution in [-0.4, -0.2) is 42.3 Å². The zero-order chi connectivity index (χ0) is 21.8. The van der Waals surface area contributed by atoms with Crippen molar-refractivity contribution in [1.29, 1.82) is 0 Å². The third-order valence-electron chi connectivity index (χ3n) is 3.67. The lowest BCUT2D eigenvalue weighted by atomic mass is 10.2. The molecule has 30 heavy (non-hydrogen) atoms. The van der Waals surface area contributed by atoms with E-state index in [2.05, 4.69) is 0 Å². The molecule has 0 heterocycles. The SMILES string of the molecule is CC(=O)OC(COC(=O)/C=C/c1ccccc1)COC(=O)/C=C/c1ccc(O)cc1. The van der Waals surface area contributed by atoms with Gasteiger partial charge in [0.15, 0.2) is 6.10 Å². The molecule has 1 N–H and O–H groups in total. The second kappa shape index (κ2) is 11.9. The molecule has 7 heteroatoms. The summed E-state index contributed by atoms with van der Waals surface area (Å²) >= 11 is 0. The smallest absolute Gasteiger partial charge is 0.330 e. The van der Waals surface area contributed by atoms with Gasteiger partial charge in [0.2, 0.25) is 0 Å². The van der Waals surface area contributed by atoms with Crippen molar-refractivity contribution in [3.05, 3.63) is 77.9 Å². The number of benzene rings is 2. The van der Waals surface area contributed by atoms with Gasteiger partial charge in [0.05, 0.1) is 0 Å². The first-order valence-corrected chi connectivity index (χ1v) is 9.13. The van der Waals surface area contributed by atoms with E-state index in [1.54, 1.807) is 18.2 Å². The van der Waals surface area contributed by atoms with Gasteiger partial charge in [-0.25, -0.2) is 9.59 Å². The molecule has 0 amide bonds. The molecule has 0 saturated heterocycles. The molecule has 1 atom stereocenters. The fourth-order valence-corrected chi connectivity index (χ4v) is 2.28. The van der Waals surface area contributed by atoms with E-state index in [1.165, 1.54) is 37.3 Å². The van der Waals surface area contributed by atoms with Gasteiger partial charge < -0.3 is 19.3 Å². The van der Waals surface area contributed by atoms with E-state index in [9.17, 15) is 19.5 Å². The quantitative estimate of drug-likeness (QED) is 0.385. The maximum absolute atomic E-state index is 11.9. The van der Waals surface area contributed by atoms with Crippen LogP contribution in [0.15, 0.2) is 66.7 Å². The number of carbonyl (C=O) groups excluding carboxylic acids is 3. The first-order chi connectivity index (χ1) is 14.4. The summed E-state index contributed by atoms with van der Waals surface area (Å²) < 4.78 is 15.1. The van der Waals surface area contributed by atoms with Gasteiger partial charge in [0.25, 0.3) is 0 Å². The maximum atomic E-state index is 11.9. The highest BCUT2D eigenvalue weighted by molar-refractivity contribution is 5.87. The first-order valence-electron chi connectivity index (χ1n) is 9.13. The molecular formula is C23H22O7. The van der Waals surface area contributed by atoms with Crippen molar-refractivity contribution in [3.8, 4) is 5.75 Å². The van der Waals surface area contributed by atoms with Gasteiger partial charge in [0.1, 0.15) is 19.0 Å². The minimum absolute atomic E-state index is 0.118. The number of aromatic hydroxyl groups is 1. The molecule has 2 rings (SSSR count). The van der Waals surface area contributed by atoms with Crippen molar-refractivity contribution in [3.63, 3.8) is 0 Å². The Morgan fingerprint density at radius 3 is 1.83 bits per heavy atom. The van der Waals surface area contributed by atoms with Crippen molar-refractivity contribution in [1.82, 2.24) is 0 Å². The lowest BCUT2D eigenvalue weighted by Gasteiger charge is -2.16. The molecule has 0 fully saturated rings. The van der Waals surface area contributed by atoms with E-state index in [0.717, 1.165) is 5.56 Å². The first kappa shape index (κ1) is 22.4. The molecule has 0 radical (unpaired) electrons. The summed E-state index contributed by atoms with van der Waals surface area (Å²) in [6.45, 7) is 0.678. The highest BCUT2D eigenvalue weighted by Crippen LogP contribution is 2.11. The van der Waals surface area contributed by atoms with Crippen LogP contribution in [0.25, 0.3) is 12.2 Å². The van der Waals surface area contributed by atoms with E-state index in [-0.39, 0.29) is 19.0 Å². The molecule has 0 spiro atoms. The molecule has 0 aliphatic carbocycles. The monoisotopic (exact) mass is 410 g/mol. The summed E-state index contributed by atoms with van der Waals surface area (Å²) in [5.41, 5.74) is 1.53. The van der Waals surface area contributed by atoms with E-state index in [1.807, 2.05) is 30.3 Å². The zero-order valence-electron chi connectivity index (χ0n) is 16.4. The zero-order valence-corrected chi connectivity index (χ0v) is 16.4. The van der Waals surface area contributed by atoms with Crippen molar-refractivity contribution in [2.45, 2.75) is 13.0 Å². The third kappa shape index (κ3) is 8.88. The normalized spacial score (nSPS) is 11.9. The molecule has 0 saturated carbocycles. The van der Waals surface area contributed by atoms with E-state index in [4.69, 9.17) is 14.2 Å². The fourth-order valence-electron chi connectivity index (χ4n) is 2.28. The average Bonchev–Trinajstić information content (AvgIpc) is 2.74. The van der Waals surface area contributed by atoms with Crippen LogP contribution < -0.4 is 0 Å². The Balaban J connectivity index is 1.82. The van der Waals surface area contributed by atoms with Crippen LogP contribution in [-0.2, 0) is 28.6 Å². The summed E-state index contributed by atoms with van der Waals surface area (Å²) in [5.74, 6) is -1.75. The van der Waals surface area contributed by atoms with Crippen LogP contribution in [0.1, 0.15) is 18.1 Å². The van der Waals surface area contributed by atoms with E-state index < -0.39 is 24.0 Å². The number of phenolic OH excluding ortho intramolecular Hbond substituents is 1. The number of hydrogen-bond acceptors (Lipinski definition) is 7. The van der Waals surface area contributed by atoms with Crippen LogP contribution in [0, 0.1) is 0 Å². The molecule has 0 aromatic heterocycles. The summed E-state index contributed by atoms with van der Waals surface area (Å²) in [7, 11) is 0. The third-order valence-corrected chi connectivity index (χ3v) is 3.67. The number of carbonyl (C=O) groups is 3. The number of phenols is 1. The Labute approximate surface area is 174 Å². The van der Waals surface area contributed by atoms with E-state index >= 15 is 0 Å². The minimum atomic E-state index is -0.928. The Bertz CT molecular complexity index is 899. The fraction of sp³-hybridized carbons (Fsp3) is 0.174.